The van der Waals surface area contributed by atoms with E-state index in [0.29, 0.717) is 21.4 Å². The largest absolute Gasteiger partial charge is 0.398 e. The second-order valence-electron chi connectivity index (χ2n) is 4.28. The summed E-state index contributed by atoms with van der Waals surface area (Å²) in [5, 5.41) is 1.25. The van der Waals surface area contributed by atoms with E-state index in [9.17, 15) is 0 Å². The molecule has 0 heterocycles. The fourth-order valence-electron chi connectivity index (χ4n) is 1.82. The predicted octanol–water partition coefficient (Wildman–Crippen LogP) is 4.44. The van der Waals surface area contributed by atoms with Crippen LogP contribution in [-0.4, -0.2) is 0 Å². The molecule has 2 aromatic rings. The Bertz CT molecular complexity index is 566. The first-order valence-electron chi connectivity index (χ1n) is 5.53. The molecule has 94 valence electrons. The minimum absolute atomic E-state index is 0.626. The van der Waals surface area contributed by atoms with Gasteiger partial charge < -0.3 is 11.5 Å². The molecule has 4 heteroatoms. The van der Waals surface area contributed by atoms with Crippen molar-refractivity contribution in [2.45, 2.75) is 13.8 Å². The van der Waals surface area contributed by atoms with Gasteiger partial charge in [-0.05, 0) is 37.1 Å². The van der Waals surface area contributed by atoms with Crippen LogP contribution >= 0.6 is 23.2 Å². The van der Waals surface area contributed by atoms with Crippen molar-refractivity contribution in [3.63, 3.8) is 0 Å². The number of nitrogen functional groups attached to an aromatic ring is 2. The molecule has 0 spiro atoms. The SMILES string of the molecule is Cc1c(N)ccc(-c2ccc(N)c(C)c2Cl)c1Cl. The summed E-state index contributed by atoms with van der Waals surface area (Å²) in [7, 11) is 0. The molecule has 0 aliphatic heterocycles. The van der Waals surface area contributed by atoms with Crippen LogP contribution in [0.5, 0.6) is 0 Å². The summed E-state index contributed by atoms with van der Waals surface area (Å²) in [6, 6.07) is 7.42. The number of rotatable bonds is 1. The molecule has 0 atom stereocenters. The van der Waals surface area contributed by atoms with Gasteiger partial charge in [0.2, 0.25) is 0 Å². The van der Waals surface area contributed by atoms with Gasteiger partial charge in [0.15, 0.2) is 0 Å². The Morgan fingerprint density at radius 3 is 1.39 bits per heavy atom. The Hall–Kier alpha value is -1.38. The molecule has 0 saturated heterocycles. The lowest BCUT2D eigenvalue weighted by Crippen LogP contribution is -1.95. The summed E-state index contributed by atoms with van der Waals surface area (Å²) in [6.45, 7) is 3.78. The highest BCUT2D eigenvalue weighted by molar-refractivity contribution is 6.37. The molecule has 18 heavy (non-hydrogen) atoms. The van der Waals surface area contributed by atoms with Crippen molar-refractivity contribution in [2.75, 3.05) is 11.5 Å². The molecule has 0 saturated carbocycles. The number of hydrogen-bond acceptors (Lipinski definition) is 2. The maximum Gasteiger partial charge on any atom is 0.0534 e. The zero-order valence-electron chi connectivity index (χ0n) is 10.2. The standard InChI is InChI=1S/C14H14Cl2N2/c1-7-11(17)5-3-9(13(7)15)10-4-6-12(18)8(2)14(10)16/h3-6H,17-18H2,1-2H3. The zero-order valence-corrected chi connectivity index (χ0v) is 11.7. The average Bonchev–Trinajstić information content (AvgIpc) is 2.35. The monoisotopic (exact) mass is 280 g/mol. The third-order valence-corrected chi connectivity index (χ3v) is 4.12. The molecule has 0 aliphatic rings. The first-order valence-corrected chi connectivity index (χ1v) is 6.28. The van der Waals surface area contributed by atoms with Crippen LogP contribution in [0.2, 0.25) is 10.0 Å². The van der Waals surface area contributed by atoms with Crippen molar-refractivity contribution in [2.24, 2.45) is 0 Å². The van der Waals surface area contributed by atoms with Gasteiger partial charge in [0.25, 0.3) is 0 Å². The van der Waals surface area contributed by atoms with Crippen molar-refractivity contribution >= 4 is 34.6 Å². The van der Waals surface area contributed by atoms with Crippen LogP contribution in [0.25, 0.3) is 11.1 Å². The van der Waals surface area contributed by atoms with Crippen LogP contribution in [0.15, 0.2) is 24.3 Å². The van der Waals surface area contributed by atoms with E-state index in [0.717, 1.165) is 22.3 Å². The lowest BCUT2D eigenvalue weighted by Gasteiger charge is -2.13. The molecular weight excluding hydrogens is 267 g/mol. The van der Waals surface area contributed by atoms with Crippen LogP contribution in [0.1, 0.15) is 11.1 Å². The molecule has 0 aliphatic carbocycles. The van der Waals surface area contributed by atoms with Gasteiger partial charge in [-0.2, -0.15) is 0 Å². The second kappa shape index (κ2) is 4.71. The third kappa shape index (κ3) is 2.02. The van der Waals surface area contributed by atoms with E-state index in [2.05, 4.69) is 0 Å². The normalized spacial score (nSPS) is 10.7. The van der Waals surface area contributed by atoms with E-state index in [1.165, 1.54) is 0 Å². The molecule has 0 bridgehead atoms. The van der Waals surface area contributed by atoms with Crippen molar-refractivity contribution in [1.82, 2.24) is 0 Å². The maximum absolute atomic E-state index is 6.33. The summed E-state index contributed by atoms with van der Waals surface area (Å²) in [5.41, 5.74) is 16.5. The van der Waals surface area contributed by atoms with E-state index in [1.54, 1.807) is 0 Å². The van der Waals surface area contributed by atoms with Crippen molar-refractivity contribution in [3.05, 3.63) is 45.4 Å². The molecule has 2 aromatic carbocycles. The summed E-state index contributed by atoms with van der Waals surface area (Å²) in [5.74, 6) is 0. The van der Waals surface area contributed by atoms with Crippen LogP contribution in [-0.2, 0) is 0 Å². The Morgan fingerprint density at radius 1 is 0.722 bits per heavy atom. The van der Waals surface area contributed by atoms with Gasteiger partial charge in [0.05, 0.1) is 10.0 Å². The van der Waals surface area contributed by atoms with E-state index >= 15 is 0 Å². The highest BCUT2D eigenvalue weighted by atomic mass is 35.5. The molecule has 0 amide bonds. The van der Waals surface area contributed by atoms with Crippen LogP contribution in [0.4, 0.5) is 11.4 Å². The third-order valence-electron chi connectivity index (χ3n) is 3.15. The first-order chi connectivity index (χ1) is 8.43. The predicted molar refractivity (Wildman–Crippen MR) is 80.2 cm³/mol. The highest BCUT2D eigenvalue weighted by Crippen LogP contribution is 2.39. The summed E-state index contributed by atoms with van der Waals surface area (Å²) in [6.07, 6.45) is 0. The Balaban J connectivity index is 2.71. The van der Waals surface area contributed by atoms with Gasteiger partial charge in [-0.15, -0.1) is 0 Å². The van der Waals surface area contributed by atoms with Gasteiger partial charge in [0.1, 0.15) is 0 Å². The van der Waals surface area contributed by atoms with Crippen molar-refractivity contribution in [1.29, 1.82) is 0 Å². The summed E-state index contributed by atoms with van der Waals surface area (Å²) >= 11 is 12.7. The Labute approximate surface area is 117 Å². The molecular formula is C14H14Cl2N2. The van der Waals surface area contributed by atoms with Gasteiger partial charge in [-0.1, -0.05) is 35.3 Å². The second-order valence-corrected chi connectivity index (χ2v) is 5.04. The van der Waals surface area contributed by atoms with Crippen LogP contribution in [0.3, 0.4) is 0 Å². The van der Waals surface area contributed by atoms with Gasteiger partial charge >= 0.3 is 0 Å². The van der Waals surface area contributed by atoms with E-state index < -0.39 is 0 Å². The smallest absolute Gasteiger partial charge is 0.0534 e. The zero-order chi connectivity index (χ0) is 13.4. The molecule has 0 unspecified atom stereocenters. The minimum Gasteiger partial charge on any atom is -0.398 e. The minimum atomic E-state index is 0.626. The van der Waals surface area contributed by atoms with Crippen LogP contribution < -0.4 is 11.5 Å². The van der Waals surface area contributed by atoms with Crippen molar-refractivity contribution < 1.29 is 0 Å². The van der Waals surface area contributed by atoms with Gasteiger partial charge in [-0.25, -0.2) is 0 Å². The highest BCUT2D eigenvalue weighted by Gasteiger charge is 2.13. The molecule has 0 aromatic heterocycles. The molecule has 0 radical (unpaired) electrons. The quantitative estimate of drug-likeness (QED) is 0.759. The summed E-state index contributed by atoms with van der Waals surface area (Å²) < 4.78 is 0. The lowest BCUT2D eigenvalue weighted by molar-refractivity contribution is 1.44. The van der Waals surface area contributed by atoms with Gasteiger partial charge in [-0.3, -0.25) is 0 Å². The number of nitrogens with two attached hydrogens (primary N) is 2. The van der Waals surface area contributed by atoms with Gasteiger partial charge in [0, 0.05) is 22.5 Å². The number of benzene rings is 2. The number of halogens is 2. The van der Waals surface area contributed by atoms with E-state index in [4.69, 9.17) is 34.7 Å². The van der Waals surface area contributed by atoms with Crippen molar-refractivity contribution in [3.8, 4) is 11.1 Å². The van der Waals surface area contributed by atoms with Crippen LogP contribution in [0, 0.1) is 13.8 Å². The fourth-order valence-corrected chi connectivity index (χ4v) is 2.36. The topological polar surface area (TPSA) is 52.0 Å². The maximum atomic E-state index is 6.33. The number of anilines is 2. The van der Waals surface area contributed by atoms with E-state index in [-0.39, 0.29) is 0 Å². The Kier molecular flexibility index (Phi) is 3.42. The Morgan fingerprint density at radius 2 is 1.06 bits per heavy atom. The molecule has 2 nitrogen and oxygen atoms in total. The first kappa shape index (κ1) is 13.1. The fraction of sp³-hybridized carbons (Fsp3) is 0.143. The molecule has 2 rings (SSSR count). The summed E-state index contributed by atoms with van der Waals surface area (Å²) in [4.78, 5) is 0. The lowest BCUT2D eigenvalue weighted by atomic mass is 9.99. The number of hydrogen-bond donors (Lipinski definition) is 2. The van der Waals surface area contributed by atoms with E-state index in [1.807, 2.05) is 38.1 Å². The average molecular weight is 281 g/mol. The molecule has 4 N–H and O–H groups in total. The molecule has 0 fully saturated rings.